The van der Waals surface area contributed by atoms with Crippen LogP contribution in [0.2, 0.25) is 0 Å². The van der Waals surface area contributed by atoms with Crippen LogP contribution in [0.15, 0.2) is 10.5 Å². The van der Waals surface area contributed by atoms with Gasteiger partial charge in [-0.15, -0.1) is 0 Å². The number of hydrogen-bond donors (Lipinski definition) is 1. The quantitative estimate of drug-likeness (QED) is 0.614. The molecule has 88 valence electrons. The summed E-state index contributed by atoms with van der Waals surface area (Å²) in [5.74, 6) is -0.622. The van der Waals surface area contributed by atoms with Gasteiger partial charge in [-0.25, -0.2) is 8.78 Å². The van der Waals surface area contributed by atoms with E-state index in [0.717, 1.165) is 19.3 Å². The normalized spacial score (nSPS) is 20.4. The van der Waals surface area contributed by atoms with Gasteiger partial charge in [0.15, 0.2) is 0 Å². The fourth-order valence-electron chi connectivity index (χ4n) is 2.35. The Bertz CT molecular complexity index is 406. The molecule has 0 heterocycles. The lowest BCUT2D eigenvalue weighted by Gasteiger charge is -2.18. The maximum absolute atomic E-state index is 14.0. The van der Waals surface area contributed by atoms with Crippen LogP contribution in [0.3, 0.4) is 0 Å². The van der Waals surface area contributed by atoms with Crippen LogP contribution >= 0.6 is 15.9 Å². The van der Waals surface area contributed by atoms with Crippen molar-refractivity contribution in [2.24, 2.45) is 0 Å². The molecule has 0 saturated heterocycles. The zero-order chi connectivity index (χ0) is 11.7. The molecule has 1 aliphatic rings. The molecule has 16 heavy (non-hydrogen) atoms. The van der Waals surface area contributed by atoms with E-state index in [1.54, 1.807) is 7.05 Å². The molecular weight excluding hydrogens is 276 g/mol. The van der Waals surface area contributed by atoms with Gasteiger partial charge in [0.2, 0.25) is 0 Å². The third-order valence-electron chi connectivity index (χ3n) is 3.18. The Hall–Kier alpha value is -0.480. The summed E-state index contributed by atoms with van der Waals surface area (Å²) < 4.78 is 28.0. The fraction of sp³-hybridized carbons (Fsp3) is 0.500. The van der Waals surface area contributed by atoms with E-state index in [-0.39, 0.29) is 22.1 Å². The third kappa shape index (κ3) is 2.00. The predicted octanol–water partition coefficient (Wildman–Crippen LogP) is 3.71. The molecule has 1 aromatic rings. The smallest absolute Gasteiger partial charge is 0.142 e. The Balaban J connectivity index is 2.61. The van der Waals surface area contributed by atoms with Gasteiger partial charge in [-0.3, -0.25) is 0 Å². The van der Waals surface area contributed by atoms with Crippen molar-refractivity contribution in [2.75, 3.05) is 7.05 Å². The van der Waals surface area contributed by atoms with E-state index in [0.29, 0.717) is 17.5 Å². The molecule has 1 N–H and O–H groups in total. The highest BCUT2D eigenvalue weighted by molar-refractivity contribution is 9.10. The summed E-state index contributed by atoms with van der Waals surface area (Å²) in [6.07, 6.45) is 3.40. The Morgan fingerprint density at radius 3 is 2.81 bits per heavy atom. The molecule has 1 unspecified atom stereocenters. The minimum Gasteiger partial charge on any atom is -0.313 e. The largest absolute Gasteiger partial charge is 0.313 e. The second-order valence-electron chi connectivity index (χ2n) is 4.13. The van der Waals surface area contributed by atoms with Crippen LogP contribution in [0.1, 0.15) is 36.4 Å². The van der Waals surface area contributed by atoms with Crippen molar-refractivity contribution >= 4 is 15.9 Å². The van der Waals surface area contributed by atoms with Crippen molar-refractivity contribution in [3.05, 3.63) is 33.3 Å². The van der Waals surface area contributed by atoms with Gasteiger partial charge in [-0.05, 0) is 53.9 Å². The standard InChI is InChI=1S/C12H14BrF2N/c1-16-10-5-3-2-4-7-9(14)6-8(13)12(15)11(7)10/h6,10,16H,2-5H2,1H3. The van der Waals surface area contributed by atoms with Crippen LogP contribution in [-0.4, -0.2) is 7.05 Å². The van der Waals surface area contributed by atoms with Gasteiger partial charge >= 0.3 is 0 Å². The summed E-state index contributed by atoms with van der Waals surface area (Å²) in [6, 6.07) is 1.15. The van der Waals surface area contributed by atoms with Crippen LogP contribution in [0, 0.1) is 11.6 Å². The van der Waals surface area contributed by atoms with E-state index < -0.39 is 0 Å². The summed E-state index contributed by atoms with van der Waals surface area (Å²) in [5, 5.41) is 3.07. The summed E-state index contributed by atoms with van der Waals surface area (Å²) in [7, 11) is 1.79. The summed E-state index contributed by atoms with van der Waals surface area (Å²) >= 11 is 3.06. The number of nitrogens with one attached hydrogen (secondary N) is 1. The van der Waals surface area contributed by atoms with Crippen molar-refractivity contribution in [1.82, 2.24) is 5.32 Å². The molecule has 1 aromatic carbocycles. The van der Waals surface area contributed by atoms with Gasteiger partial charge < -0.3 is 5.32 Å². The molecule has 0 saturated carbocycles. The molecule has 4 heteroatoms. The average molecular weight is 290 g/mol. The van der Waals surface area contributed by atoms with Crippen molar-refractivity contribution < 1.29 is 8.78 Å². The summed E-state index contributed by atoms with van der Waals surface area (Å²) in [5.41, 5.74) is 1.05. The molecule has 0 bridgehead atoms. The molecule has 0 aliphatic heterocycles. The van der Waals surface area contributed by atoms with Gasteiger partial charge in [-0.2, -0.15) is 0 Å². The molecule has 0 fully saturated rings. The number of fused-ring (bicyclic) bond motifs is 1. The van der Waals surface area contributed by atoms with Crippen LogP contribution in [0.5, 0.6) is 0 Å². The first-order chi connectivity index (χ1) is 7.65. The van der Waals surface area contributed by atoms with E-state index in [2.05, 4.69) is 21.2 Å². The Kier molecular flexibility index (Phi) is 3.60. The first kappa shape index (κ1) is 12.0. The van der Waals surface area contributed by atoms with Crippen molar-refractivity contribution in [3.8, 4) is 0 Å². The number of rotatable bonds is 1. The molecule has 0 aromatic heterocycles. The topological polar surface area (TPSA) is 12.0 Å². The highest BCUT2D eigenvalue weighted by Crippen LogP contribution is 2.35. The van der Waals surface area contributed by atoms with Gasteiger partial charge in [-0.1, -0.05) is 6.42 Å². The number of halogens is 3. The average Bonchev–Trinajstić information content (AvgIpc) is 2.48. The predicted molar refractivity (Wildman–Crippen MR) is 63.4 cm³/mol. The summed E-state index contributed by atoms with van der Waals surface area (Å²) in [6.45, 7) is 0. The zero-order valence-corrected chi connectivity index (χ0v) is 10.7. The minimum atomic E-state index is -0.322. The van der Waals surface area contributed by atoms with E-state index in [4.69, 9.17) is 0 Å². The zero-order valence-electron chi connectivity index (χ0n) is 9.12. The fourth-order valence-corrected chi connectivity index (χ4v) is 2.77. The van der Waals surface area contributed by atoms with Crippen LogP contribution in [0.4, 0.5) is 8.78 Å². The SMILES string of the molecule is CNC1CCCCc2c(F)cc(Br)c(F)c21. The first-order valence-electron chi connectivity index (χ1n) is 5.48. The Labute approximate surface area is 102 Å². The van der Waals surface area contributed by atoms with Crippen molar-refractivity contribution in [1.29, 1.82) is 0 Å². The monoisotopic (exact) mass is 289 g/mol. The molecule has 2 rings (SSSR count). The third-order valence-corrected chi connectivity index (χ3v) is 3.76. The van der Waals surface area contributed by atoms with Crippen molar-refractivity contribution in [3.63, 3.8) is 0 Å². The maximum atomic E-state index is 14.0. The van der Waals surface area contributed by atoms with E-state index >= 15 is 0 Å². The second-order valence-corrected chi connectivity index (χ2v) is 4.99. The van der Waals surface area contributed by atoms with E-state index in [9.17, 15) is 8.78 Å². The van der Waals surface area contributed by atoms with Crippen LogP contribution in [0.25, 0.3) is 0 Å². The molecule has 0 spiro atoms. The lowest BCUT2D eigenvalue weighted by Crippen LogP contribution is -2.19. The highest BCUT2D eigenvalue weighted by atomic mass is 79.9. The van der Waals surface area contributed by atoms with Gasteiger partial charge in [0.05, 0.1) is 4.47 Å². The van der Waals surface area contributed by atoms with Gasteiger partial charge in [0.1, 0.15) is 11.6 Å². The first-order valence-corrected chi connectivity index (χ1v) is 6.28. The van der Waals surface area contributed by atoms with Gasteiger partial charge in [0.25, 0.3) is 0 Å². The molecule has 1 nitrogen and oxygen atoms in total. The molecule has 0 amide bonds. The number of benzene rings is 1. The van der Waals surface area contributed by atoms with Crippen LogP contribution < -0.4 is 5.32 Å². The Morgan fingerprint density at radius 2 is 2.12 bits per heavy atom. The minimum absolute atomic E-state index is 0.0792. The van der Waals surface area contributed by atoms with Gasteiger partial charge in [0, 0.05) is 11.6 Å². The molecular formula is C12H14BrF2N. The van der Waals surface area contributed by atoms with Crippen LogP contribution in [-0.2, 0) is 6.42 Å². The molecule has 0 radical (unpaired) electrons. The van der Waals surface area contributed by atoms with Crippen molar-refractivity contribution in [2.45, 2.75) is 31.7 Å². The van der Waals surface area contributed by atoms with E-state index in [1.807, 2.05) is 0 Å². The lowest BCUT2D eigenvalue weighted by molar-refractivity contribution is 0.495. The number of hydrogen-bond acceptors (Lipinski definition) is 1. The highest BCUT2D eigenvalue weighted by Gasteiger charge is 2.25. The second kappa shape index (κ2) is 4.80. The summed E-state index contributed by atoms with van der Waals surface area (Å²) in [4.78, 5) is 0. The van der Waals surface area contributed by atoms with E-state index in [1.165, 1.54) is 6.07 Å². The maximum Gasteiger partial charge on any atom is 0.142 e. The molecule has 1 aliphatic carbocycles. The lowest BCUT2D eigenvalue weighted by atomic mass is 9.98. The molecule has 1 atom stereocenters. The Morgan fingerprint density at radius 1 is 1.38 bits per heavy atom.